The number of hydrogen-bond acceptors (Lipinski definition) is 3. The lowest BCUT2D eigenvalue weighted by molar-refractivity contribution is 0.0889. The lowest BCUT2D eigenvalue weighted by atomic mass is 9.84. The first-order chi connectivity index (χ1) is 7.81. The molecule has 1 aliphatic carbocycles. The highest BCUT2D eigenvalue weighted by molar-refractivity contribution is 5.97. The first-order valence-electron chi connectivity index (χ1n) is 6.00. The first-order valence-corrected chi connectivity index (χ1v) is 6.00. The monoisotopic (exact) mass is 218 g/mol. The zero-order chi connectivity index (χ0) is 11.4. The standard InChI is InChI=1S/C13H18N2O/c14-9-12-8-11(6-7-15-12)13(16)10-4-2-1-3-5-10/h6-8,10H,1-5,9,14H2. The van der Waals surface area contributed by atoms with Crippen molar-refractivity contribution in [2.24, 2.45) is 11.7 Å². The Kier molecular flexibility index (Phi) is 3.67. The van der Waals surface area contributed by atoms with Gasteiger partial charge in [0, 0.05) is 24.2 Å². The molecule has 1 aromatic rings. The molecule has 1 fully saturated rings. The van der Waals surface area contributed by atoms with Gasteiger partial charge in [-0.1, -0.05) is 19.3 Å². The van der Waals surface area contributed by atoms with E-state index in [0.717, 1.165) is 24.1 Å². The van der Waals surface area contributed by atoms with E-state index in [1.54, 1.807) is 12.3 Å². The number of Topliss-reactive ketones (excluding diaryl/α,β-unsaturated/α-hetero) is 1. The molecule has 0 saturated heterocycles. The van der Waals surface area contributed by atoms with Crippen molar-refractivity contribution in [2.45, 2.75) is 38.6 Å². The van der Waals surface area contributed by atoms with Gasteiger partial charge in [0.2, 0.25) is 0 Å². The average Bonchev–Trinajstić information content (AvgIpc) is 2.39. The maximum absolute atomic E-state index is 12.2. The molecule has 1 heterocycles. The van der Waals surface area contributed by atoms with Crippen LogP contribution in [0.3, 0.4) is 0 Å². The predicted octanol–water partition coefficient (Wildman–Crippen LogP) is 2.30. The summed E-state index contributed by atoms with van der Waals surface area (Å²) < 4.78 is 0. The maximum Gasteiger partial charge on any atom is 0.166 e. The van der Waals surface area contributed by atoms with E-state index in [1.165, 1.54) is 19.3 Å². The van der Waals surface area contributed by atoms with Gasteiger partial charge in [-0.15, -0.1) is 0 Å². The summed E-state index contributed by atoms with van der Waals surface area (Å²) in [4.78, 5) is 16.3. The Balaban J connectivity index is 2.12. The van der Waals surface area contributed by atoms with Crippen molar-refractivity contribution in [3.63, 3.8) is 0 Å². The van der Waals surface area contributed by atoms with Crippen LogP contribution in [0.1, 0.15) is 48.2 Å². The number of pyridine rings is 1. The molecule has 1 saturated carbocycles. The fourth-order valence-electron chi connectivity index (χ4n) is 2.34. The van der Waals surface area contributed by atoms with Crippen molar-refractivity contribution >= 4 is 5.78 Å². The largest absolute Gasteiger partial charge is 0.325 e. The third-order valence-electron chi connectivity index (χ3n) is 3.29. The Morgan fingerprint density at radius 2 is 2.12 bits per heavy atom. The van der Waals surface area contributed by atoms with Gasteiger partial charge in [-0.2, -0.15) is 0 Å². The summed E-state index contributed by atoms with van der Waals surface area (Å²) in [6.45, 7) is 0.395. The fourth-order valence-corrected chi connectivity index (χ4v) is 2.34. The average molecular weight is 218 g/mol. The molecule has 0 aliphatic heterocycles. The van der Waals surface area contributed by atoms with Crippen LogP contribution in [0.25, 0.3) is 0 Å². The minimum atomic E-state index is 0.224. The molecule has 0 unspecified atom stereocenters. The van der Waals surface area contributed by atoms with Crippen molar-refractivity contribution in [3.05, 3.63) is 29.6 Å². The van der Waals surface area contributed by atoms with Gasteiger partial charge in [0.1, 0.15) is 0 Å². The number of hydrogen-bond donors (Lipinski definition) is 1. The number of rotatable bonds is 3. The number of ketones is 1. The summed E-state index contributed by atoms with van der Waals surface area (Å²) in [5.41, 5.74) is 7.10. The van der Waals surface area contributed by atoms with Crippen LogP contribution in [0.2, 0.25) is 0 Å². The summed E-state index contributed by atoms with van der Waals surface area (Å²) in [5.74, 6) is 0.499. The van der Waals surface area contributed by atoms with Gasteiger partial charge in [0.15, 0.2) is 5.78 Å². The van der Waals surface area contributed by atoms with E-state index < -0.39 is 0 Å². The van der Waals surface area contributed by atoms with Crippen LogP contribution in [-0.4, -0.2) is 10.8 Å². The molecule has 0 amide bonds. The van der Waals surface area contributed by atoms with Crippen LogP contribution in [0.5, 0.6) is 0 Å². The second-order valence-electron chi connectivity index (χ2n) is 4.44. The molecule has 2 rings (SSSR count). The lowest BCUT2D eigenvalue weighted by Crippen LogP contribution is -2.18. The minimum Gasteiger partial charge on any atom is -0.325 e. The van der Waals surface area contributed by atoms with Gasteiger partial charge in [-0.05, 0) is 25.0 Å². The smallest absolute Gasteiger partial charge is 0.166 e. The highest BCUT2D eigenvalue weighted by Gasteiger charge is 2.22. The molecule has 0 aromatic carbocycles. The van der Waals surface area contributed by atoms with Crippen LogP contribution in [0.15, 0.2) is 18.3 Å². The number of nitrogens with two attached hydrogens (primary N) is 1. The molecule has 0 bridgehead atoms. The van der Waals surface area contributed by atoms with Crippen LogP contribution < -0.4 is 5.73 Å². The number of nitrogens with zero attached hydrogens (tertiary/aromatic N) is 1. The summed E-state index contributed by atoms with van der Waals surface area (Å²) in [7, 11) is 0. The Hall–Kier alpha value is -1.22. The van der Waals surface area contributed by atoms with E-state index in [1.807, 2.05) is 6.07 Å². The van der Waals surface area contributed by atoms with Crippen molar-refractivity contribution in [1.29, 1.82) is 0 Å². The molecule has 86 valence electrons. The Morgan fingerprint density at radius 1 is 1.38 bits per heavy atom. The van der Waals surface area contributed by atoms with E-state index >= 15 is 0 Å². The fraction of sp³-hybridized carbons (Fsp3) is 0.538. The van der Waals surface area contributed by atoms with Gasteiger partial charge in [-0.25, -0.2) is 0 Å². The lowest BCUT2D eigenvalue weighted by Gasteiger charge is -2.20. The molecule has 0 atom stereocenters. The highest BCUT2D eigenvalue weighted by Crippen LogP contribution is 2.26. The molecular formula is C13H18N2O. The maximum atomic E-state index is 12.2. The van der Waals surface area contributed by atoms with Gasteiger partial charge < -0.3 is 5.73 Å². The van der Waals surface area contributed by atoms with Crippen molar-refractivity contribution in [1.82, 2.24) is 4.98 Å². The van der Waals surface area contributed by atoms with Gasteiger partial charge >= 0.3 is 0 Å². The Morgan fingerprint density at radius 3 is 2.81 bits per heavy atom. The minimum absolute atomic E-state index is 0.224. The summed E-state index contributed by atoms with van der Waals surface area (Å²) >= 11 is 0. The molecule has 0 radical (unpaired) electrons. The SMILES string of the molecule is NCc1cc(C(=O)C2CCCCC2)ccn1. The van der Waals surface area contributed by atoms with E-state index in [9.17, 15) is 4.79 Å². The first kappa shape index (κ1) is 11.3. The van der Waals surface area contributed by atoms with E-state index in [2.05, 4.69) is 4.98 Å². The van der Waals surface area contributed by atoms with Crippen molar-refractivity contribution in [2.75, 3.05) is 0 Å². The van der Waals surface area contributed by atoms with Crippen LogP contribution in [0.4, 0.5) is 0 Å². The zero-order valence-corrected chi connectivity index (χ0v) is 9.48. The molecule has 3 heteroatoms. The number of carbonyl (C=O) groups excluding carboxylic acids is 1. The van der Waals surface area contributed by atoms with Gasteiger partial charge in [0.05, 0.1) is 5.69 Å². The summed E-state index contributed by atoms with van der Waals surface area (Å²) in [6, 6.07) is 3.63. The summed E-state index contributed by atoms with van der Waals surface area (Å²) in [6.07, 6.45) is 7.40. The van der Waals surface area contributed by atoms with Crippen LogP contribution >= 0.6 is 0 Å². The molecule has 1 aromatic heterocycles. The third kappa shape index (κ3) is 2.47. The molecule has 16 heavy (non-hydrogen) atoms. The Bertz CT molecular complexity index is 370. The van der Waals surface area contributed by atoms with E-state index in [0.29, 0.717) is 6.54 Å². The normalized spacial score (nSPS) is 17.3. The van der Waals surface area contributed by atoms with E-state index in [-0.39, 0.29) is 11.7 Å². The topological polar surface area (TPSA) is 56.0 Å². The number of carbonyl (C=O) groups is 1. The van der Waals surface area contributed by atoms with E-state index in [4.69, 9.17) is 5.73 Å². The quantitative estimate of drug-likeness (QED) is 0.792. The van der Waals surface area contributed by atoms with Crippen LogP contribution in [-0.2, 0) is 6.54 Å². The van der Waals surface area contributed by atoms with Gasteiger partial charge in [-0.3, -0.25) is 9.78 Å². The summed E-state index contributed by atoms with van der Waals surface area (Å²) in [5, 5.41) is 0. The van der Waals surface area contributed by atoms with Crippen molar-refractivity contribution < 1.29 is 4.79 Å². The zero-order valence-electron chi connectivity index (χ0n) is 9.48. The Labute approximate surface area is 96.1 Å². The predicted molar refractivity (Wildman–Crippen MR) is 63.0 cm³/mol. The second-order valence-corrected chi connectivity index (χ2v) is 4.44. The number of aromatic nitrogens is 1. The van der Waals surface area contributed by atoms with Crippen molar-refractivity contribution in [3.8, 4) is 0 Å². The molecule has 0 spiro atoms. The molecule has 1 aliphatic rings. The highest BCUT2D eigenvalue weighted by atomic mass is 16.1. The molecule has 3 nitrogen and oxygen atoms in total. The third-order valence-corrected chi connectivity index (χ3v) is 3.29. The van der Waals surface area contributed by atoms with Gasteiger partial charge in [0.25, 0.3) is 0 Å². The second kappa shape index (κ2) is 5.21. The molecule has 2 N–H and O–H groups in total. The van der Waals surface area contributed by atoms with Crippen LogP contribution in [0, 0.1) is 5.92 Å². The molecular weight excluding hydrogens is 200 g/mol.